The van der Waals surface area contributed by atoms with Gasteiger partial charge in [-0.25, -0.2) is 22.2 Å². The highest BCUT2D eigenvalue weighted by Crippen LogP contribution is 2.31. The number of hydrogen-bond acceptors (Lipinski definition) is 5. The monoisotopic (exact) mass is 409 g/mol. The van der Waals surface area contributed by atoms with Gasteiger partial charge in [0.1, 0.15) is 17.2 Å². The molecule has 0 aliphatic heterocycles. The Bertz CT molecular complexity index is 1160. The summed E-state index contributed by atoms with van der Waals surface area (Å²) < 4.78 is 60.3. The number of carbonyl (C=O) groups excluding carboxylic acids is 1. The van der Waals surface area contributed by atoms with E-state index >= 15 is 0 Å². The molecule has 2 heterocycles. The lowest BCUT2D eigenvalue weighted by atomic mass is 10.0. The second-order valence-electron chi connectivity index (χ2n) is 5.97. The van der Waals surface area contributed by atoms with Gasteiger partial charge in [-0.2, -0.15) is 0 Å². The Labute approximate surface area is 159 Å². The van der Waals surface area contributed by atoms with Gasteiger partial charge in [-0.3, -0.25) is 9.52 Å². The van der Waals surface area contributed by atoms with Crippen molar-refractivity contribution in [3.63, 3.8) is 0 Å². The van der Waals surface area contributed by atoms with Crippen LogP contribution in [0.25, 0.3) is 11.0 Å². The molecule has 2 aromatic heterocycles. The minimum atomic E-state index is -3.82. The SMILES string of the molecule is CCCS(=O)(=O)Nc1ccc(F)c(C(=O)c2c[nH]c3nccc(OC)c23)c1F. The van der Waals surface area contributed by atoms with Gasteiger partial charge in [0.25, 0.3) is 0 Å². The number of sulfonamides is 1. The molecule has 0 saturated heterocycles. The van der Waals surface area contributed by atoms with E-state index in [9.17, 15) is 22.0 Å². The molecule has 0 fully saturated rings. The lowest BCUT2D eigenvalue weighted by Crippen LogP contribution is -2.18. The normalized spacial score (nSPS) is 11.6. The lowest BCUT2D eigenvalue weighted by Gasteiger charge is -2.11. The van der Waals surface area contributed by atoms with Gasteiger partial charge in [-0.15, -0.1) is 0 Å². The van der Waals surface area contributed by atoms with E-state index in [1.807, 2.05) is 4.72 Å². The van der Waals surface area contributed by atoms with Gasteiger partial charge in [-0.1, -0.05) is 6.92 Å². The van der Waals surface area contributed by atoms with Gasteiger partial charge in [-0.05, 0) is 24.6 Å². The molecular formula is C18H17F2N3O4S. The number of benzene rings is 1. The number of aromatic amines is 1. The van der Waals surface area contributed by atoms with Crippen LogP contribution >= 0.6 is 0 Å². The van der Waals surface area contributed by atoms with Crippen LogP contribution in [0.5, 0.6) is 5.75 Å². The number of fused-ring (bicyclic) bond motifs is 1. The minimum Gasteiger partial charge on any atom is -0.496 e. The quantitative estimate of drug-likeness (QED) is 0.584. The highest BCUT2D eigenvalue weighted by Gasteiger charge is 2.26. The number of H-pyrrole nitrogens is 1. The number of ketones is 1. The topological polar surface area (TPSA) is 101 Å². The van der Waals surface area contributed by atoms with Crippen molar-refractivity contribution in [2.45, 2.75) is 13.3 Å². The zero-order valence-electron chi connectivity index (χ0n) is 15.0. The molecule has 7 nitrogen and oxygen atoms in total. The number of nitrogens with zero attached hydrogens (tertiary/aromatic N) is 1. The molecule has 28 heavy (non-hydrogen) atoms. The first kappa shape index (κ1) is 19.7. The van der Waals surface area contributed by atoms with E-state index in [0.29, 0.717) is 17.8 Å². The largest absolute Gasteiger partial charge is 0.496 e. The van der Waals surface area contributed by atoms with Crippen LogP contribution in [0.4, 0.5) is 14.5 Å². The van der Waals surface area contributed by atoms with Crippen molar-refractivity contribution < 1.29 is 26.7 Å². The highest BCUT2D eigenvalue weighted by atomic mass is 32.2. The number of ether oxygens (including phenoxy) is 1. The fourth-order valence-electron chi connectivity index (χ4n) is 2.84. The van der Waals surface area contributed by atoms with Gasteiger partial charge in [0, 0.05) is 12.4 Å². The van der Waals surface area contributed by atoms with Gasteiger partial charge in [0.15, 0.2) is 5.82 Å². The van der Waals surface area contributed by atoms with Crippen LogP contribution in [0, 0.1) is 11.6 Å². The number of rotatable bonds is 7. The molecule has 1 aromatic carbocycles. The maximum Gasteiger partial charge on any atom is 0.232 e. The van der Waals surface area contributed by atoms with Crippen molar-refractivity contribution in [1.29, 1.82) is 0 Å². The van der Waals surface area contributed by atoms with Crippen LogP contribution in [0.3, 0.4) is 0 Å². The number of hydrogen-bond donors (Lipinski definition) is 2. The van der Waals surface area contributed by atoms with E-state index < -0.39 is 38.7 Å². The molecule has 2 N–H and O–H groups in total. The van der Waals surface area contributed by atoms with Crippen LogP contribution in [0.2, 0.25) is 0 Å². The average molecular weight is 409 g/mol. The number of nitrogens with one attached hydrogen (secondary N) is 2. The zero-order chi connectivity index (χ0) is 20.5. The van der Waals surface area contributed by atoms with Crippen LogP contribution in [-0.2, 0) is 10.0 Å². The summed E-state index contributed by atoms with van der Waals surface area (Å²) in [6, 6.07) is 3.28. The molecule has 0 amide bonds. The molecule has 3 rings (SSSR count). The average Bonchev–Trinajstić information content (AvgIpc) is 3.08. The van der Waals surface area contributed by atoms with Crippen molar-refractivity contribution >= 4 is 32.5 Å². The summed E-state index contributed by atoms with van der Waals surface area (Å²) in [4.78, 5) is 19.7. The third kappa shape index (κ3) is 3.55. The predicted octanol–water partition coefficient (Wildman–Crippen LogP) is 3.23. The van der Waals surface area contributed by atoms with E-state index in [2.05, 4.69) is 9.97 Å². The van der Waals surface area contributed by atoms with E-state index in [4.69, 9.17) is 4.74 Å². The summed E-state index contributed by atoms with van der Waals surface area (Å²) >= 11 is 0. The Morgan fingerprint density at radius 2 is 2.04 bits per heavy atom. The van der Waals surface area contributed by atoms with Crippen molar-refractivity contribution in [3.05, 3.63) is 53.4 Å². The molecule has 0 unspecified atom stereocenters. The Balaban J connectivity index is 2.12. The molecule has 0 atom stereocenters. The third-order valence-corrected chi connectivity index (χ3v) is 5.53. The molecule has 3 aromatic rings. The number of halogens is 2. The second-order valence-corrected chi connectivity index (χ2v) is 7.82. The summed E-state index contributed by atoms with van der Waals surface area (Å²) in [7, 11) is -2.43. The van der Waals surface area contributed by atoms with E-state index in [1.165, 1.54) is 25.6 Å². The molecule has 0 spiro atoms. The number of pyridine rings is 1. The third-order valence-electron chi connectivity index (χ3n) is 4.06. The first-order valence-corrected chi connectivity index (χ1v) is 9.97. The van der Waals surface area contributed by atoms with Crippen molar-refractivity contribution in [2.75, 3.05) is 17.6 Å². The first-order valence-electron chi connectivity index (χ1n) is 8.32. The van der Waals surface area contributed by atoms with Crippen molar-refractivity contribution in [3.8, 4) is 5.75 Å². The summed E-state index contributed by atoms with van der Waals surface area (Å²) in [6.45, 7) is 1.65. The maximum absolute atomic E-state index is 14.9. The standard InChI is InChI=1S/C18H17F2N3O4S/c1-3-8-28(25,26)23-12-5-4-11(19)15(16(12)20)17(24)10-9-22-18-14(10)13(27-2)6-7-21-18/h4-7,9,23H,3,8H2,1-2H3,(H,21,22). The summed E-state index contributed by atoms with van der Waals surface area (Å²) in [5, 5.41) is 0.269. The second kappa shape index (κ2) is 7.55. The Morgan fingerprint density at radius 1 is 1.29 bits per heavy atom. The molecule has 0 saturated carbocycles. The molecule has 0 radical (unpaired) electrons. The number of aromatic nitrogens is 2. The number of carbonyl (C=O) groups is 1. The van der Waals surface area contributed by atoms with Crippen LogP contribution in [-0.4, -0.2) is 37.0 Å². The van der Waals surface area contributed by atoms with Crippen LogP contribution in [0.15, 0.2) is 30.6 Å². The van der Waals surface area contributed by atoms with Gasteiger partial charge >= 0.3 is 0 Å². The molecule has 148 valence electrons. The van der Waals surface area contributed by atoms with E-state index in [0.717, 1.165) is 12.1 Å². The smallest absolute Gasteiger partial charge is 0.232 e. The molecule has 0 bridgehead atoms. The summed E-state index contributed by atoms with van der Waals surface area (Å²) in [5.74, 6) is -3.31. The predicted molar refractivity (Wildman–Crippen MR) is 100 cm³/mol. The Hall–Kier alpha value is -3.01. The Kier molecular flexibility index (Phi) is 5.32. The summed E-state index contributed by atoms with van der Waals surface area (Å²) in [5.41, 5.74) is -1.11. The number of anilines is 1. The fraction of sp³-hybridized carbons (Fsp3) is 0.222. The Morgan fingerprint density at radius 3 is 2.71 bits per heavy atom. The van der Waals surface area contributed by atoms with Crippen LogP contribution in [0.1, 0.15) is 29.3 Å². The zero-order valence-corrected chi connectivity index (χ0v) is 15.9. The van der Waals surface area contributed by atoms with E-state index in [1.54, 1.807) is 6.92 Å². The van der Waals surface area contributed by atoms with Gasteiger partial charge < -0.3 is 9.72 Å². The summed E-state index contributed by atoms with van der Waals surface area (Å²) in [6.07, 6.45) is 3.04. The fourth-order valence-corrected chi connectivity index (χ4v) is 3.97. The molecule has 10 heteroatoms. The molecule has 0 aliphatic carbocycles. The molecule has 0 aliphatic rings. The highest BCUT2D eigenvalue weighted by molar-refractivity contribution is 7.92. The number of methoxy groups -OCH3 is 1. The molecular weight excluding hydrogens is 392 g/mol. The van der Waals surface area contributed by atoms with Crippen LogP contribution < -0.4 is 9.46 Å². The van der Waals surface area contributed by atoms with Crippen molar-refractivity contribution in [2.24, 2.45) is 0 Å². The van der Waals surface area contributed by atoms with Gasteiger partial charge in [0.2, 0.25) is 15.8 Å². The first-order chi connectivity index (χ1) is 13.3. The van der Waals surface area contributed by atoms with Crippen molar-refractivity contribution in [1.82, 2.24) is 9.97 Å². The van der Waals surface area contributed by atoms with E-state index in [-0.39, 0.29) is 16.7 Å². The lowest BCUT2D eigenvalue weighted by molar-refractivity contribution is 0.103. The van der Waals surface area contributed by atoms with Gasteiger partial charge in [0.05, 0.1) is 35.1 Å². The maximum atomic E-state index is 14.9. The minimum absolute atomic E-state index is 0.0497.